The summed E-state index contributed by atoms with van der Waals surface area (Å²) in [4.78, 5) is 44.2. The molecule has 2 aromatic heterocycles. The van der Waals surface area contributed by atoms with E-state index in [4.69, 9.17) is 21.3 Å². The molecule has 248 valence electrons. The molecule has 11 nitrogen and oxygen atoms in total. The van der Waals surface area contributed by atoms with Crippen LogP contribution in [-0.2, 0) is 4.79 Å². The Morgan fingerprint density at radius 1 is 1.09 bits per heavy atom. The lowest BCUT2D eigenvalue weighted by Gasteiger charge is -2.37. The first kappa shape index (κ1) is 32.7. The topological polar surface area (TPSA) is 98.6 Å². The molecule has 0 spiro atoms. The Labute approximate surface area is 281 Å². The van der Waals surface area contributed by atoms with Gasteiger partial charge >= 0.3 is 0 Å². The van der Waals surface area contributed by atoms with Crippen LogP contribution in [0.5, 0.6) is 5.75 Å². The predicted octanol–water partition coefficient (Wildman–Crippen LogP) is 4.70. The first-order valence-corrected chi connectivity index (χ1v) is 16.6. The van der Waals surface area contributed by atoms with Gasteiger partial charge in [0.2, 0.25) is 5.91 Å². The largest absolute Gasteiger partial charge is 0.477 e. The van der Waals surface area contributed by atoms with Crippen molar-refractivity contribution in [3.63, 3.8) is 0 Å². The van der Waals surface area contributed by atoms with E-state index >= 15 is 0 Å². The predicted molar refractivity (Wildman–Crippen MR) is 185 cm³/mol. The number of imidazole rings is 1. The number of aryl methyl sites for hydroxylation is 1. The smallest absolute Gasteiger partial charge is 0.254 e. The Hall–Kier alpha value is -4.19. The maximum absolute atomic E-state index is 13.6. The Kier molecular flexibility index (Phi) is 9.67. The minimum absolute atomic E-state index is 0.00741. The van der Waals surface area contributed by atoms with Crippen molar-refractivity contribution in [2.24, 2.45) is 5.92 Å². The van der Waals surface area contributed by atoms with Crippen LogP contribution in [0.25, 0.3) is 16.9 Å². The SMILES string of the molecule is CC[C@@H]1CC(C(=O)N2CCN(C(=O)c3ccc(N(C)c4nccn5c(-c6ccc(OCNC)c(Cl)c6)cnc45)cc3C)CC2)N(C)C1. The van der Waals surface area contributed by atoms with Gasteiger partial charge in [0, 0.05) is 69.0 Å². The maximum Gasteiger partial charge on any atom is 0.254 e. The zero-order valence-corrected chi connectivity index (χ0v) is 28.5. The highest BCUT2D eigenvalue weighted by Gasteiger charge is 2.37. The van der Waals surface area contributed by atoms with E-state index in [-0.39, 0.29) is 17.9 Å². The Morgan fingerprint density at radius 3 is 2.53 bits per heavy atom. The van der Waals surface area contributed by atoms with Crippen molar-refractivity contribution in [3.8, 4) is 17.0 Å². The summed E-state index contributed by atoms with van der Waals surface area (Å²) >= 11 is 6.50. The number of likely N-dealkylation sites (N-methyl/N-ethyl adjacent to an activating group) is 1. The summed E-state index contributed by atoms with van der Waals surface area (Å²) in [6, 6.07) is 11.5. The van der Waals surface area contributed by atoms with E-state index in [0.29, 0.717) is 66.6 Å². The first-order valence-electron chi connectivity index (χ1n) is 16.2. The van der Waals surface area contributed by atoms with Gasteiger partial charge in [-0.1, -0.05) is 24.9 Å². The first-order chi connectivity index (χ1) is 22.7. The van der Waals surface area contributed by atoms with Gasteiger partial charge in [0.15, 0.2) is 11.5 Å². The normalized spacial score (nSPS) is 18.6. The highest BCUT2D eigenvalue weighted by molar-refractivity contribution is 6.32. The van der Waals surface area contributed by atoms with Gasteiger partial charge < -0.3 is 19.4 Å². The summed E-state index contributed by atoms with van der Waals surface area (Å²) in [5, 5.41) is 3.46. The van der Waals surface area contributed by atoms with Crippen LogP contribution in [0.3, 0.4) is 0 Å². The summed E-state index contributed by atoms with van der Waals surface area (Å²) in [5.74, 6) is 2.05. The summed E-state index contributed by atoms with van der Waals surface area (Å²) in [6.07, 6.45) is 7.45. The average Bonchev–Trinajstić information content (AvgIpc) is 3.70. The molecule has 2 fully saturated rings. The third-order valence-electron chi connectivity index (χ3n) is 9.53. The van der Waals surface area contributed by atoms with Gasteiger partial charge in [-0.05, 0) is 75.3 Å². The standard InChI is InChI=1S/C35H43ClN8O3/c1-6-24-18-29(40(4)21-24)35(46)43-15-13-42(14-16-43)34(45)27-9-8-26(17-23(27)2)41(5)32-33-39-20-30(44(33)12-11-38-32)25-7-10-31(28(36)19-25)47-22-37-3/h7-12,17,19-20,24,29,37H,6,13-16,18,21-22H2,1-5H3/t24-,29?/m1/s1. The molecule has 0 radical (unpaired) electrons. The number of carbonyl (C=O) groups is 2. The number of carbonyl (C=O) groups excluding carboxylic acids is 2. The number of hydrogen-bond acceptors (Lipinski definition) is 8. The second-order valence-corrected chi connectivity index (χ2v) is 12.9. The van der Waals surface area contributed by atoms with Crippen LogP contribution >= 0.6 is 11.6 Å². The van der Waals surface area contributed by atoms with Crippen LogP contribution in [0.1, 0.15) is 35.7 Å². The van der Waals surface area contributed by atoms with Crippen molar-refractivity contribution < 1.29 is 14.3 Å². The maximum atomic E-state index is 13.6. The zero-order chi connectivity index (χ0) is 33.2. The summed E-state index contributed by atoms with van der Waals surface area (Å²) in [5.41, 5.74) is 4.90. The summed E-state index contributed by atoms with van der Waals surface area (Å²) in [7, 11) is 5.80. The van der Waals surface area contributed by atoms with Crippen LogP contribution in [0, 0.1) is 12.8 Å². The van der Waals surface area contributed by atoms with E-state index in [9.17, 15) is 9.59 Å². The second-order valence-electron chi connectivity index (χ2n) is 12.5. The van der Waals surface area contributed by atoms with Crippen molar-refractivity contribution in [2.75, 3.05) is 65.5 Å². The Bertz CT molecular complexity index is 1770. The molecule has 0 saturated carbocycles. The molecule has 6 rings (SSSR count). The van der Waals surface area contributed by atoms with E-state index in [2.05, 4.69) is 22.1 Å². The molecule has 4 heterocycles. The molecule has 47 heavy (non-hydrogen) atoms. The molecule has 2 aromatic carbocycles. The van der Waals surface area contributed by atoms with Gasteiger partial charge in [0.05, 0.1) is 23.0 Å². The monoisotopic (exact) mass is 658 g/mol. The van der Waals surface area contributed by atoms with Crippen LogP contribution < -0.4 is 15.0 Å². The minimum Gasteiger partial charge on any atom is -0.477 e. The number of benzene rings is 2. The molecule has 1 N–H and O–H groups in total. The van der Waals surface area contributed by atoms with Gasteiger partial charge in [-0.15, -0.1) is 0 Å². The van der Waals surface area contributed by atoms with Gasteiger partial charge in [-0.25, -0.2) is 9.97 Å². The van der Waals surface area contributed by atoms with Gasteiger partial charge in [-0.2, -0.15) is 0 Å². The lowest BCUT2D eigenvalue weighted by atomic mass is 10.0. The molecule has 4 aromatic rings. The number of amides is 2. The van der Waals surface area contributed by atoms with Gasteiger partial charge in [0.1, 0.15) is 12.5 Å². The number of anilines is 2. The molecule has 2 atom stereocenters. The quantitative estimate of drug-likeness (QED) is 0.259. The number of likely N-dealkylation sites (tertiary alicyclic amines) is 1. The molecule has 0 aliphatic carbocycles. The highest BCUT2D eigenvalue weighted by Crippen LogP contribution is 2.33. The number of ether oxygens (including phenoxy) is 1. The van der Waals surface area contributed by atoms with E-state index in [1.807, 2.05) is 96.0 Å². The van der Waals surface area contributed by atoms with E-state index in [1.165, 1.54) is 0 Å². The number of aromatic nitrogens is 3. The van der Waals surface area contributed by atoms with Crippen LogP contribution in [0.2, 0.25) is 5.02 Å². The highest BCUT2D eigenvalue weighted by atomic mass is 35.5. The van der Waals surface area contributed by atoms with E-state index in [1.54, 1.807) is 6.20 Å². The minimum atomic E-state index is -0.0451. The fourth-order valence-electron chi connectivity index (χ4n) is 6.70. The molecular formula is C35H43ClN8O3. The fourth-order valence-corrected chi connectivity index (χ4v) is 6.94. The van der Waals surface area contributed by atoms with Crippen LogP contribution in [0.15, 0.2) is 55.0 Å². The van der Waals surface area contributed by atoms with Crippen molar-refractivity contribution in [2.45, 2.75) is 32.7 Å². The average molecular weight is 659 g/mol. The van der Waals surface area contributed by atoms with Crippen LogP contribution in [0.4, 0.5) is 11.5 Å². The summed E-state index contributed by atoms with van der Waals surface area (Å²) in [6.45, 7) is 7.68. The zero-order valence-electron chi connectivity index (χ0n) is 27.7. The van der Waals surface area contributed by atoms with E-state index in [0.717, 1.165) is 41.9 Å². The molecule has 2 aliphatic heterocycles. The molecule has 2 aliphatic rings. The Balaban J connectivity index is 1.14. The number of piperazine rings is 1. The van der Waals surface area contributed by atoms with Gasteiger partial charge in [0.25, 0.3) is 5.91 Å². The molecule has 2 saturated heterocycles. The molecule has 12 heteroatoms. The number of halogens is 1. The van der Waals surface area contributed by atoms with Crippen molar-refractivity contribution in [3.05, 3.63) is 71.1 Å². The van der Waals surface area contributed by atoms with Crippen molar-refractivity contribution in [1.29, 1.82) is 0 Å². The molecule has 0 bridgehead atoms. The Morgan fingerprint density at radius 2 is 1.85 bits per heavy atom. The van der Waals surface area contributed by atoms with Crippen LogP contribution in [-0.4, -0.2) is 108 Å². The lowest BCUT2D eigenvalue weighted by Crippen LogP contribution is -2.54. The van der Waals surface area contributed by atoms with Crippen molar-refractivity contribution >= 4 is 40.6 Å². The van der Waals surface area contributed by atoms with Crippen molar-refractivity contribution in [1.82, 2.24) is 34.4 Å². The number of nitrogens with one attached hydrogen (secondary N) is 1. The fraction of sp³-hybridized carbons (Fsp3) is 0.429. The van der Waals surface area contributed by atoms with Gasteiger partial charge in [-0.3, -0.25) is 24.2 Å². The number of rotatable bonds is 9. The number of hydrogen-bond donors (Lipinski definition) is 1. The third-order valence-corrected chi connectivity index (χ3v) is 9.83. The lowest BCUT2D eigenvalue weighted by molar-refractivity contribution is -0.137. The molecular weight excluding hydrogens is 616 g/mol. The number of nitrogens with zero attached hydrogens (tertiary/aromatic N) is 7. The molecule has 1 unspecified atom stereocenters. The van der Waals surface area contributed by atoms with E-state index < -0.39 is 0 Å². The number of fused-ring (bicyclic) bond motifs is 1. The summed E-state index contributed by atoms with van der Waals surface area (Å²) < 4.78 is 7.62. The third kappa shape index (κ3) is 6.52. The second kappa shape index (κ2) is 13.9. The molecule has 2 amide bonds.